The SMILES string of the molecule is BrC[C@H]1CNCCO1. The third-order valence-electron chi connectivity index (χ3n) is 1.18. The fourth-order valence-corrected chi connectivity index (χ4v) is 1.13. The minimum absolute atomic E-state index is 0.392. The van der Waals surface area contributed by atoms with E-state index in [9.17, 15) is 0 Å². The van der Waals surface area contributed by atoms with Gasteiger partial charge >= 0.3 is 0 Å². The molecule has 1 aliphatic rings. The number of halogens is 1. The van der Waals surface area contributed by atoms with Crippen LogP contribution in [-0.2, 0) is 4.74 Å². The van der Waals surface area contributed by atoms with Crippen LogP contribution in [0.3, 0.4) is 0 Å². The lowest BCUT2D eigenvalue weighted by molar-refractivity contribution is 0.0448. The Labute approximate surface area is 57.7 Å². The summed E-state index contributed by atoms with van der Waals surface area (Å²) in [5, 5.41) is 4.18. The molecule has 1 rings (SSSR count). The minimum Gasteiger partial charge on any atom is -0.375 e. The first kappa shape index (κ1) is 6.52. The van der Waals surface area contributed by atoms with Crippen molar-refractivity contribution in [3.05, 3.63) is 0 Å². The molecule has 2 nitrogen and oxygen atoms in total. The van der Waals surface area contributed by atoms with Crippen LogP contribution in [0.5, 0.6) is 0 Å². The van der Waals surface area contributed by atoms with Crippen LogP contribution in [0.25, 0.3) is 0 Å². The molecule has 0 spiro atoms. The van der Waals surface area contributed by atoms with Crippen molar-refractivity contribution in [2.24, 2.45) is 0 Å². The molecule has 1 saturated heterocycles. The summed E-state index contributed by atoms with van der Waals surface area (Å²) in [5.74, 6) is 0. The van der Waals surface area contributed by atoms with E-state index in [0.717, 1.165) is 25.0 Å². The average molecular weight is 180 g/mol. The number of rotatable bonds is 1. The van der Waals surface area contributed by atoms with Crippen molar-refractivity contribution in [1.29, 1.82) is 0 Å². The lowest BCUT2D eigenvalue weighted by atomic mass is 10.3. The molecular formula is C5H10BrNO. The molecule has 0 saturated carbocycles. The Morgan fingerprint density at radius 3 is 3.00 bits per heavy atom. The highest BCUT2D eigenvalue weighted by Crippen LogP contribution is 1.98. The first-order chi connectivity index (χ1) is 3.93. The maximum absolute atomic E-state index is 5.32. The van der Waals surface area contributed by atoms with Crippen molar-refractivity contribution < 1.29 is 4.74 Å². The second-order valence-electron chi connectivity index (χ2n) is 1.85. The Morgan fingerprint density at radius 1 is 1.75 bits per heavy atom. The van der Waals surface area contributed by atoms with E-state index in [1.807, 2.05) is 0 Å². The van der Waals surface area contributed by atoms with Crippen molar-refractivity contribution in [3.8, 4) is 0 Å². The van der Waals surface area contributed by atoms with Gasteiger partial charge in [-0.05, 0) is 0 Å². The van der Waals surface area contributed by atoms with E-state index in [0.29, 0.717) is 6.10 Å². The molecule has 1 atom stereocenters. The Morgan fingerprint density at radius 2 is 2.62 bits per heavy atom. The van der Waals surface area contributed by atoms with E-state index >= 15 is 0 Å². The molecule has 0 bridgehead atoms. The van der Waals surface area contributed by atoms with Crippen molar-refractivity contribution in [3.63, 3.8) is 0 Å². The Hall–Kier alpha value is 0.400. The summed E-state index contributed by atoms with van der Waals surface area (Å²) in [4.78, 5) is 0. The highest BCUT2D eigenvalue weighted by molar-refractivity contribution is 9.09. The molecule has 1 heterocycles. The molecule has 0 radical (unpaired) electrons. The van der Waals surface area contributed by atoms with Crippen molar-refractivity contribution in [2.45, 2.75) is 6.10 Å². The van der Waals surface area contributed by atoms with Crippen LogP contribution in [0.15, 0.2) is 0 Å². The Kier molecular flexibility index (Phi) is 2.80. The third kappa shape index (κ3) is 1.73. The number of hydrogen-bond donors (Lipinski definition) is 1. The fraction of sp³-hybridized carbons (Fsp3) is 1.00. The topological polar surface area (TPSA) is 21.3 Å². The number of ether oxygens (including phenoxy) is 1. The average Bonchev–Trinajstić information content (AvgIpc) is 1.90. The quantitative estimate of drug-likeness (QED) is 0.588. The number of nitrogens with one attached hydrogen (secondary N) is 1. The van der Waals surface area contributed by atoms with Gasteiger partial charge in [0.25, 0.3) is 0 Å². The molecule has 0 aromatic rings. The van der Waals surface area contributed by atoms with Crippen LogP contribution in [0, 0.1) is 0 Å². The van der Waals surface area contributed by atoms with Gasteiger partial charge in [0, 0.05) is 18.4 Å². The summed E-state index contributed by atoms with van der Waals surface area (Å²) in [6.07, 6.45) is 0.392. The van der Waals surface area contributed by atoms with E-state index in [1.165, 1.54) is 0 Å². The summed E-state index contributed by atoms with van der Waals surface area (Å²) in [6.45, 7) is 2.85. The first-order valence-electron chi connectivity index (χ1n) is 2.82. The smallest absolute Gasteiger partial charge is 0.0796 e. The molecule has 0 amide bonds. The lowest BCUT2D eigenvalue weighted by Gasteiger charge is -2.21. The van der Waals surface area contributed by atoms with Crippen molar-refractivity contribution >= 4 is 15.9 Å². The van der Waals surface area contributed by atoms with E-state index in [-0.39, 0.29) is 0 Å². The van der Waals surface area contributed by atoms with Gasteiger partial charge in [-0.25, -0.2) is 0 Å². The summed E-state index contributed by atoms with van der Waals surface area (Å²) >= 11 is 3.35. The first-order valence-corrected chi connectivity index (χ1v) is 3.94. The molecule has 1 N–H and O–H groups in total. The van der Waals surface area contributed by atoms with Crippen molar-refractivity contribution in [1.82, 2.24) is 5.32 Å². The van der Waals surface area contributed by atoms with Crippen LogP contribution in [0.4, 0.5) is 0 Å². The molecule has 1 fully saturated rings. The van der Waals surface area contributed by atoms with E-state index in [1.54, 1.807) is 0 Å². The largest absolute Gasteiger partial charge is 0.375 e. The van der Waals surface area contributed by atoms with Gasteiger partial charge in [-0.2, -0.15) is 0 Å². The van der Waals surface area contributed by atoms with Gasteiger partial charge in [-0.3, -0.25) is 0 Å². The van der Waals surface area contributed by atoms with E-state index < -0.39 is 0 Å². The Bertz CT molecular complexity index is 63.4. The molecule has 0 unspecified atom stereocenters. The maximum atomic E-state index is 5.32. The van der Waals surface area contributed by atoms with Crippen LogP contribution in [-0.4, -0.2) is 31.1 Å². The van der Waals surface area contributed by atoms with E-state index in [2.05, 4.69) is 21.2 Å². The summed E-state index contributed by atoms with van der Waals surface area (Å²) < 4.78 is 5.32. The molecule has 0 aromatic heterocycles. The molecule has 1 aliphatic heterocycles. The molecule has 0 aliphatic carbocycles. The van der Waals surface area contributed by atoms with Gasteiger partial charge in [-0.1, -0.05) is 15.9 Å². The monoisotopic (exact) mass is 179 g/mol. The van der Waals surface area contributed by atoms with Crippen molar-refractivity contribution in [2.75, 3.05) is 25.0 Å². The molecule has 0 aromatic carbocycles. The van der Waals surface area contributed by atoms with Crippen LogP contribution in [0.2, 0.25) is 0 Å². The lowest BCUT2D eigenvalue weighted by Crippen LogP contribution is -2.39. The predicted molar refractivity (Wildman–Crippen MR) is 36.4 cm³/mol. The molecule has 8 heavy (non-hydrogen) atoms. The normalized spacial score (nSPS) is 30.4. The van der Waals surface area contributed by atoms with Crippen LogP contribution in [0.1, 0.15) is 0 Å². The maximum Gasteiger partial charge on any atom is 0.0796 e. The zero-order chi connectivity index (χ0) is 5.82. The highest BCUT2D eigenvalue weighted by atomic mass is 79.9. The van der Waals surface area contributed by atoms with Gasteiger partial charge < -0.3 is 10.1 Å². The summed E-state index contributed by atoms with van der Waals surface area (Å²) in [7, 11) is 0. The number of morpholine rings is 1. The van der Waals surface area contributed by atoms with E-state index in [4.69, 9.17) is 4.74 Å². The standard InChI is InChI=1S/C5H10BrNO/c6-3-5-4-7-1-2-8-5/h5,7H,1-4H2/t5-/m0/s1. The highest BCUT2D eigenvalue weighted by Gasteiger charge is 2.09. The Balaban J connectivity index is 2.13. The van der Waals surface area contributed by atoms with Gasteiger partial charge in [0.1, 0.15) is 0 Å². The zero-order valence-electron chi connectivity index (χ0n) is 4.69. The van der Waals surface area contributed by atoms with Gasteiger partial charge in [0.15, 0.2) is 0 Å². The summed E-state index contributed by atoms with van der Waals surface area (Å²) in [5.41, 5.74) is 0. The summed E-state index contributed by atoms with van der Waals surface area (Å²) in [6, 6.07) is 0. The van der Waals surface area contributed by atoms with Gasteiger partial charge in [-0.15, -0.1) is 0 Å². The third-order valence-corrected chi connectivity index (χ3v) is 1.90. The second kappa shape index (κ2) is 3.43. The second-order valence-corrected chi connectivity index (χ2v) is 2.50. The minimum atomic E-state index is 0.392. The number of hydrogen-bond acceptors (Lipinski definition) is 2. The van der Waals surface area contributed by atoms with Gasteiger partial charge in [0.05, 0.1) is 12.7 Å². The zero-order valence-corrected chi connectivity index (χ0v) is 6.28. The fourth-order valence-electron chi connectivity index (χ4n) is 0.719. The molecular weight excluding hydrogens is 170 g/mol. The molecule has 3 heteroatoms. The van der Waals surface area contributed by atoms with Crippen LogP contribution >= 0.6 is 15.9 Å². The van der Waals surface area contributed by atoms with Gasteiger partial charge in [0.2, 0.25) is 0 Å². The van der Waals surface area contributed by atoms with Crippen LogP contribution < -0.4 is 5.32 Å². The molecule has 48 valence electrons. The number of alkyl halides is 1. The predicted octanol–water partition coefficient (Wildman–Crippen LogP) is 0.370.